The number of nitrogens with one attached hydrogen (secondary N) is 1. The van der Waals surface area contributed by atoms with Crippen LogP contribution in [0.2, 0.25) is 0 Å². The summed E-state index contributed by atoms with van der Waals surface area (Å²) in [6.45, 7) is 4.97. The van der Waals surface area contributed by atoms with E-state index in [-0.39, 0.29) is 18.5 Å². The summed E-state index contributed by atoms with van der Waals surface area (Å²) in [5.41, 5.74) is 0. The molecule has 0 aliphatic heterocycles. The lowest BCUT2D eigenvalue weighted by Gasteiger charge is -2.22. The fourth-order valence-corrected chi connectivity index (χ4v) is 11.2. The summed E-state index contributed by atoms with van der Waals surface area (Å²) in [6.07, 6.45) is 87.7. The van der Waals surface area contributed by atoms with Crippen LogP contribution in [0.25, 0.3) is 0 Å². The fourth-order valence-electron chi connectivity index (χ4n) is 11.2. The maximum atomic E-state index is 12.5. The highest BCUT2D eigenvalue weighted by Gasteiger charge is 2.20. The van der Waals surface area contributed by atoms with E-state index in [0.717, 1.165) is 51.4 Å². The van der Waals surface area contributed by atoms with Crippen LogP contribution >= 0.6 is 0 Å². The largest absolute Gasteiger partial charge is 0.466 e. The van der Waals surface area contributed by atoms with Crippen molar-refractivity contribution in [2.45, 2.75) is 405 Å². The molecular weight excluding hydrogens is 971 g/mol. The Morgan fingerprint density at radius 2 is 0.633 bits per heavy atom. The summed E-state index contributed by atoms with van der Waals surface area (Å²) in [4.78, 5) is 24.6. The van der Waals surface area contributed by atoms with Crippen LogP contribution in [-0.4, -0.2) is 47.4 Å². The van der Waals surface area contributed by atoms with Crippen molar-refractivity contribution in [2.24, 2.45) is 0 Å². The van der Waals surface area contributed by atoms with Gasteiger partial charge in [0, 0.05) is 12.8 Å². The number of allylic oxidation sites excluding steroid dienone is 6. The van der Waals surface area contributed by atoms with Crippen LogP contribution in [0.3, 0.4) is 0 Å². The van der Waals surface area contributed by atoms with Crippen LogP contribution in [0.15, 0.2) is 36.5 Å². The molecule has 0 aromatic heterocycles. The molecule has 0 aliphatic rings. The number of unbranched alkanes of at least 4 members (excludes halogenated alkanes) is 50. The van der Waals surface area contributed by atoms with Gasteiger partial charge in [-0.1, -0.05) is 333 Å². The third kappa shape index (κ3) is 65.1. The van der Waals surface area contributed by atoms with Crippen molar-refractivity contribution in [2.75, 3.05) is 13.2 Å². The zero-order valence-corrected chi connectivity index (χ0v) is 53.4. The van der Waals surface area contributed by atoms with Gasteiger partial charge in [0.15, 0.2) is 0 Å². The third-order valence-corrected chi connectivity index (χ3v) is 16.7. The van der Waals surface area contributed by atoms with Crippen LogP contribution in [0, 0.1) is 0 Å². The molecule has 0 fully saturated rings. The molecule has 0 aromatic rings. The quantitative estimate of drug-likeness (QED) is 0.0320. The highest BCUT2D eigenvalue weighted by Crippen LogP contribution is 2.18. The van der Waals surface area contributed by atoms with E-state index in [1.165, 1.54) is 308 Å². The average molecular weight is 1110 g/mol. The van der Waals surface area contributed by atoms with Crippen molar-refractivity contribution < 1.29 is 24.5 Å². The Labute approximate surface area is 494 Å². The summed E-state index contributed by atoms with van der Waals surface area (Å²) in [7, 11) is 0. The van der Waals surface area contributed by atoms with E-state index in [2.05, 4.69) is 55.6 Å². The van der Waals surface area contributed by atoms with Crippen molar-refractivity contribution in [1.29, 1.82) is 0 Å². The number of aliphatic hydroxyl groups excluding tert-OH is 2. The van der Waals surface area contributed by atoms with Gasteiger partial charge in [0.25, 0.3) is 0 Å². The number of esters is 1. The van der Waals surface area contributed by atoms with Gasteiger partial charge < -0.3 is 20.3 Å². The van der Waals surface area contributed by atoms with Crippen molar-refractivity contribution in [3.63, 3.8) is 0 Å². The summed E-state index contributed by atoms with van der Waals surface area (Å²) in [5, 5.41) is 23.3. The lowest BCUT2D eigenvalue weighted by Crippen LogP contribution is -2.45. The molecule has 0 bridgehead atoms. The van der Waals surface area contributed by atoms with Gasteiger partial charge in [-0.05, 0) is 83.5 Å². The number of hydrogen-bond acceptors (Lipinski definition) is 5. The Bertz CT molecular complexity index is 1280. The molecule has 0 aliphatic carbocycles. The predicted molar refractivity (Wildman–Crippen MR) is 347 cm³/mol. The summed E-state index contributed by atoms with van der Waals surface area (Å²) < 4.78 is 5.50. The smallest absolute Gasteiger partial charge is 0.305 e. The fraction of sp³-hybridized carbons (Fsp3) is 0.890. The number of carbonyl (C=O) groups is 2. The molecule has 0 heterocycles. The molecule has 0 saturated carbocycles. The molecule has 2 atom stereocenters. The molecule has 0 saturated heterocycles. The SMILES string of the molecule is CCCCCCCC/C=C\CCCCCCCCCC(=O)OCCCCCCCCCCC/C=C\C/C=C\CCCCCCCCCCCCCCCCCC(=O)NC(CO)C(O)CCCCCCCCCCCCCCCC. The molecular formula is C73H139NO5. The van der Waals surface area contributed by atoms with Gasteiger partial charge in [-0.15, -0.1) is 0 Å². The summed E-state index contributed by atoms with van der Waals surface area (Å²) >= 11 is 0. The third-order valence-electron chi connectivity index (χ3n) is 16.7. The van der Waals surface area contributed by atoms with Gasteiger partial charge in [-0.25, -0.2) is 0 Å². The lowest BCUT2D eigenvalue weighted by atomic mass is 10.0. The highest BCUT2D eigenvalue weighted by atomic mass is 16.5. The minimum absolute atomic E-state index is 0.0103. The van der Waals surface area contributed by atoms with Crippen LogP contribution in [-0.2, 0) is 14.3 Å². The minimum atomic E-state index is -0.663. The minimum Gasteiger partial charge on any atom is -0.466 e. The number of aliphatic hydroxyl groups is 2. The zero-order valence-electron chi connectivity index (χ0n) is 53.4. The monoisotopic (exact) mass is 1110 g/mol. The maximum Gasteiger partial charge on any atom is 0.305 e. The van der Waals surface area contributed by atoms with Crippen molar-refractivity contribution >= 4 is 11.9 Å². The topological polar surface area (TPSA) is 95.9 Å². The molecule has 0 aromatic carbocycles. The van der Waals surface area contributed by atoms with E-state index in [4.69, 9.17) is 4.74 Å². The molecule has 1 amide bonds. The molecule has 466 valence electrons. The summed E-state index contributed by atoms with van der Waals surface area (Å²) in [6, 6.07) is -0.541. The normalized spacial score (nSPS) is 12.7. The second-order valence-electron chi connectivity index (χ2n) is 24.6. The van der Waals surface area contributed by atoms with Gasteiger partial charge in [0.05, 0.1) is 25.4 Å². The van der Waals surface area contributed by atoms with Crippen LogP contribution in [0.5, 0.6) is 0 Å². The predicted octanol–water partition coefficient (Wildman–Crippen LogP) is 23.1. The standard InChI is InChI=1S/C73H139NO5/c1-3-5-7-9-11-13-15-17-19-35-39-43-47-51-55-59-63-67-73(78)79-68-64-60-56-52-48-44-40-37-34-32-30-28-26-24-22-20-21-23-25-27-29-31-33-36-38-42-46-50-54-58-62-66-72(77)74-70(69-75)71(76)65-61-57-53-49-45-41-18-16-14-12-10-8-6-4-2/h17,19,22,24,28,30,70-71,75-76H,3-16,18,20-21,23,25-27,29,31-69H2,1-2H3,(H,74,77)/b19-17-,24-22-,30-28-. The molecule has 0 spiro atoms. The number of carbonyl (C=O) groups excluding carboxylic acids is 2. The first-order valence-corrected chi connectivity index (χ1v) is 35.7. The molecule has 2 unspecified atom stereocenters. The average Bonchev–Trinajstić information content (AvgIpc) is 3.45. The summed E-state index contributed by atoms with van der Waals surface area (Å²) in [5.74, 6) is -0.0220. The Morgan fingerprint density at radius 3 is 0.975 bits per heavy atom. The first-order chi connectivity index (χ1) is 39.0. The number of hydrogen-bond donors (Lipinski definition) is 3. The number of rotatable bonds is 67. The van der Waals surface area contributed by atoms with Gasteiger partial charge in [-0.2, -0.15) is 0 Å². The van der Waals surface area contributed by atoms with Crippen molar-refractivity contribution in [3.05, 3.63) is 36.5 Å². The van der Waals surface area contributed by atoms with Gasteiger partial charge in [0.1, 0.15) is 0 Å². The first-order valence-electron chi connectivity index (χ1n) is 35.7. The lowest BCUT2D eigenvalue weighted by molar-refractivity contribution is -0.143. The van der Waals surface area contributed by atoms with E-state index < -0.39 is 12.1 Å². The van der Waals surface area contributed by atoms with Crippen LogP contribution in [0.1, 0.15) is 393 Å². The Hall–Kier alpha value is -1.92. The van der Waals surface area contributed by atoms with E-state index in [9.17, 15) is 19.8 Å². The maximum absolute atomic E-state index is 12.5. The second-order valence-corrected chi connectivity index (χ2v) is 24.6. The first kappa shape index (κ1) is 77.1. The Morgan fingerprint density at radius 1 is 0.354 bits per heavy atom. The van der Waals surface area contributed by atoms with Crippen molar-refractivity contribution in [1.82, 2.24) is 5.32 Å². The molecule has 0 rings (SSSR count). The van der Waals surface area contributed by atoms with Crippen molar-refractivity contribution in [3.8, 4) is 0 Å². The van der Waals surface area contributed by atoms with E-state index in [1.807, 2.05) is 0 Å². The van der Waals surface area contributed by atoms with E-state index in [0.29, 0.717) is 25.9 Å². The number of ether oxygens (including phenoxy) is 1. The molecule has 6 heteroatoms. The van der Waals surface area contributed by atoms with Gasteiger partial charge >= 0.3 is 5.97 Å². The Balaban J connectivity index is 3.38. The van der Waals surface area contributed by atoms with E-state index in [1.54, 1.807) is 0 Å². The number of amides is 1. The molecule has 3 N–H and O–H groups in total. The molecule has 0 radical (unpaired) electrons. The van der Waals surface area contributed by atoms with E-state index >= 15 is 0 Å². The van der Waals surface area contributed by atoms with Crippen LogP contribution < -0.4 is 5.32 Å². The van der Waals surface area contributed by atoms with Gasteiger partial charge in [0.2, 0.25) is 5.91 Å². The second kappa shape index (κ2) is 68.6. The Kier molecular flexibility index (Phi) is 66.9. The zero-order chi connectivity index (χ0) is 57.1. The van der Waals surface area contributed by atoms with Crippen LogP contribution in [0.4, 0.5) is 0 Å². The van der Waals surface area contributed by atoms with Gasteiger partial charge in [-0.3, -0.25) is 9.59 Å². The highest BCUT2D eigenvalue weighted by molar-refractivity contribution is 5.76. The molecule has 79 heavy (non-hydrogen) atoms. The molecule has 6 nitrogen and oxygen atoms in total.